The largest absolute Gasteiger partial charge is 0.397 e. The van der Waals surface area contributed by atoms with Gasteiger partial charge in [0.25, 0.3) is 0 Å². The first-order chi connectivity index (χ1) is 11.1. The molecule has 0 bridgehead atoms. The van der Waals surface area contributed by atoms with Crippen LogP contribution < -0.4 is 15.5 Å². The summed E-state index contributed by atoms with van der Waals surface area (Å²) in [6.45, 7) is 5.23. The Kier molecular flexibility index (Phi) is 4.34. The Labute approximate surface area is 136 Å². The SMILES string of the molecule is Cc1ncc(N)cc1-c1cnc(N(C)C)c(N2CCOCC2)c1. The molecule has 1 saturated heterocycles. The van der Waals surface area contributed by atoms with E-state index < -0.39 is 0 Å². The highest BCUT2D eigenvalue weighted by molar-refractivity contribution is 5.77. The third-order valence-electron chi connectivity index (χ3n) is 4.04. The summed E-state index contributed by atoms with van der Waals surface area (Å²) in [5.74, 6) is 0.963. The van der Waals surface area contributed by atoms with Gasteiger partial charge < -0.3 is 20.3 Å². The lowest BCUT2D eigenvalue weighted by molar-refractivity contribution is 0.122. The van der Waals surface area contributed by atoms with Crippen molar-refractivity contribution in [3.8, 4) is 11.1 Å². The van der Waals surface area contributed by atoms with Crippen LogP contribution in [0.5, 0.6) is 0 Å². The smallest absolute Gasteiger partial charge is 0.151 e. The van der Waals surface area contributed by atoms with E-state index in [2.05, 4.69) is 20.9 Å². The van der Waals surface area contributed by atoms with E-state index in [1.54, 1.807) is 6.20 Å². The fourth-order valence-corrected chi connectivity index (χ4v) is 2.82. The minimum absolute atomic E-state index is 0.662. The fourth-order valence-electron chi connectivity index (χ4n) is 2.82. The van der Waals surface area contributed by atoms with Crippen LogP contribution in [0.15, 0.2) is 24.5 Å². The van der Waals surface area contributed by atoms with Gasteiger partial charge in [-0.15, -0.1) is 0 Å². The molecular weight excluding hydrogens is 290 g/mol. The highest BCUT2D eigenvalue weighted by Gasteiger charge is 2.18. The molecule has 2 aromatic heterocycles. The zero-order valence-electron chi connectivity index (χ0n) is 13.9. The van der Waals surface area contributed by atoms with Crippen molar-refractivity contribution in [2.24, 2.45) is 0 Å². The van der Waals surface area contributed by atoms with E-state index in [0.29, 0.717) is 5.69 Å². The highest BCUT2D eigenvalue weighted by Crippen LogP contribution is 2.33. The van der Waals surface area contributed by atoms with Gasteiger partial charge in [0.15, 0.2) is 5.82 Å². The Morgan fingerprint density at radius 2 is 1.87 bits per heavy atom. The van der Waals surface area contributed by atoms with Crippen LogP contribution in [0.4, 0.5) is 17.2 Å². The van der Waals surface area contributed by atoms with Crippen LogP contribution in [-0.4, -0.2) is 50.4 Å². The first-order valence-corrected chi connectivity index (χ1v) is 7.79. The summed E-state index contributed by atoms with van der Waals surface area (Å²) in [5, 5.41) is 0. The minimum Gasteiger partial charge on any atom is -0.397 e. The first-order valence-electron chi connectivity index (χ1n) is 7.79. The third-order valence-corrected chi connectivity index (χ3v) is 4.04. The molecule has 2 aromatic rings. The Balaban J connectivity index is 2.07. The molecular formula is C17H23N5O. The molecule has 122 valence electrons. The number of aromatic nitrogens is 2. The number of aryl methyl sites for hydroxylation is 1. The van der Waals surface area contributed by atoms with E-state index in [9.17, 15) is 0 Å². The number of anilines is 3. The average Bonchev–Trinajstić information content (AvgIpc) is 2.57. The van der Waals surface area contributed by atoms with Crippen LogP contribution in [0.2, 0.25) is 0 Å². The van der Waals surface area contributed by atoms with Crippen molar-refractivity contribution in [3.05, 3.63) is 30.2 Å². The highest BCUT2D eigenvalue weighted by atomic mass is 16.5. The fraction of sp³-hybridized carbons (Fsp3) is 0.412. The van der Waals surface area contributed by atoms with Crippen molar-refractivity contribution < 1.29 is 4.74 Å². The number of nitrogens with zero attached hydrogens (tertiary/aromatic N) is 4. The summed E-state index contributed by atoms with van der Waals surface area (Å²) in [5.41, 5.74) is 10.7. The molecule has 0 saturated carbocycles. The quantitative estimate of drug-likeness (QED) is 0.934. The van der Waals surface area contributed by atoms with E-state index in [1.165, 1.54) is 0 Å². The van der Waals surface area contributed by atoms with Gasteiger partial charge in [0.1, 0.15) is 0 Å². The zero-order chi connectivity index (χ0) is 16.4. The average molecular weight is 313 g/mol. The molecule has 0 amide bonds. The van der Waals surface area contributed by atoms with Gasteiger partial charge in [-0.25, -0.2) is 4.98 Å². The van der Waals surface area contributed by atoms with Gasteiger partial charge in [0.2, 0.25) is 0 Å². The first kappa shape index (κ1) is 15.6. The maximum atomic E-state index is 5.91. The second kappa shape index (κ2) is 6.42. The van der Waals surface area contributed by atoms with Crippen LogP contribution in [0.25, 0.3) is 11.1 Å². The molecule has 1 fully saturated rings. The van der Waals surface area contributed by atoms with Crippen molar-refractivity contribution in [3.63, 3.8) is 0 Å². The van der Waals surface area contributed by atoms with E-state index in [4.69, 9.17) is 10.5 Å². The van der Waals surface area contributed by atoms with Crippen LogP contribution in [0.1, 0.15) is 5.69 Å². The maximum Gasteiger partial charge on any atom is 0.151 e. The third kappa shape index (κ3) is 3.22. The van der Waals surface area contributed by atoms with E-state index in [0.717, 1.165) is 54.6 Å². The number of nitrogens with two attached hydrogens (primary N) is 1. The minimum atomic E-state index is 0.662. The predicted octanol–water partition coefficient (Wildman–Crippen LogP) is 1.94. The van der Waals surface area contributed by atoms with Crippen molar-refractivity contribution in [1.29, 1.82) is 0 Å². The lowest BCUT2D eigenvalue weighted by Crippen LogP contribution is -2.37. The molecule has 2 N–H and O–H groups in total. The predicted molar refractivity (Wildman–Crippen MR) is 94.0 cm³/mol. The lowest BCUT2D eigenvalue weighted by Gasteiger charge is -2.31. The number of hydrogen-bond donors (Lipinski definition) is 1. The standard InChI is InChI=1S/C17H23N5O/c1-12-15(9-14(18)11-19-12)13-8-16(17(20-10-13)21(2)3)22-4-6-23-7-5-22/h8-11H,4-7,18H2,1-3H3. The van der Waals surface area contributed by atoms with Gasteiger partial charge in [0, 0.05) is 50.2 Å². The van der Waals surface area contributed by atoms with Crippen molar-refractivity contribution >= 4 is 17.2 Å². The van der Waals surface area contributed by atoms with Crippen LogP contribution in [-0.2, 0) is 4.74 Å². The van der Waals surface area contributed by atoms with Crippen molar-refractivity contribution in [1.82, 2.24) is 9.97 Å². The zero-order valence-corrected chi connectivity index (χ0v) is 13.9. The summed E-state index contributed by atoms with van der Waals surface area (Å²) in [7, 11) is 4.03. The van der Waals surface area contributed by atoms with Gasteiger partial charge in [-0.05, 0) is 19.1 Å². The summed E-state index contributed by atoms with van der Waals surface area (Å²) < 4.78 is 5.47. The molecule has 6 heteroatoms. The van der Waals surface area contributed by atoms with Gasteiger partial charge in [0.05, 0.1) is 30.8 Å². The molecule has 3 rings (SSSR count). The summed E-state index contributed by atoms with van der Waals surface area (Å²) >= 11 is 0. The number of nitrogen functional groups attached to an aromatic ring is 1. The summed E-state index contributed by atoms with van der Waals surface area (Å²) in [4.78, 5) is 13.4. The second-order valence-corrected chi connectivity index (χ2v) is 5.96. The van der Waals surface area contributed by atoms with Crippen molar-refractivity contribution in [2.45, 2.75) is 6.92 Å². The molecule has 0 atom stereocenters. The van der Waals surface area contributed by atoms with Crippen LogP contribution >= 0.6 is 0 Å². The summed E-state index contributed by atoms with van der Waals surface area (Å²) in [6, 6.07) is 4.13. The van der Waals surface area contributed by atoms with Crippen LogP contribution in [0.3, 0.4) is 0 Å². The Hall–Kier alpha value is -2.34. The monoisotopic (exact) mass is 313 g/mol. The second-order valence-electron chi connectivity index (χ2n) is 5.96. The molecule has 1 aliphatic rings. The van der Waals surface area contributed by atoms with Gasteiger partial charge in [-0.1, -0.05) is 0 Å². The molecule has 0 radical (unpaired) electrons. The maximum absolute atomic E-state index is 5.91. The topological polar surface area (TPSA) is 67.5 Å². The van der Waals surface area contributed by atoms with Gasteiger partial charge in [-0.3, -0.25) is 4.98 Å². The number of morpholine rings is 1. The molecule has 1 aliphatic heterocycles. The van der Waals surface area contributed by atoms with Crippen molar-refractivity contribution in [2.75, 3.05) is 55.9 Å². The molecule has 23 heavy (non-hydrogen) atoms. The molecule has 0 aromatic carbocycles. The molecule has 6 nitrogen and oxygen atoms in total. The normalized spacial score (nSPS) is 14.8. The molecule has 0 aliphatic carbocycles. The number of ether oxygens (including phenoxy) is 1. The number of rotatable bonds is 3. The number of hydrogen-bond acceptors (Lipinski definition) is 6. The molecule has 3 heterocycles. The van der Waals surface area contributed by atoms with E-state index >= 15 is 0 Å². The Bertz CT molecular complexity index is 695. The van der Waals surface area contributed by atoms with Crippen LogP contribution in [0, 0.1) is 6.92 Å². The summed E-state index contributed by atoms with van der Waals surface area (Å²) in [6.07, 6.45) is 3.58. The Morgan fingerprint density at radius 3 is 2.57 bits per heavy atom. The Morgan fingerprint density at radius 1 is 1.13 bits per heavy atom. The lowest BCUT2D eigenvalue weighted by atomic mass is 10.0. The van der Waals surface area contributed by atoms with E-state index in [-0.39, 0.29) is 0 Å². The molecule has 0 unspecified atom stereocenters. The number of pyridine rings is 2. The van der Waals surface area contributed by atoms with Gasteiger partial charge in [-0.2, -0.15) is 0 Å². The molecule has 0 spiro atoms. The van der Waals surface area contributed by atoms with Gasteiger partial charge >= 0.3 is 0 Å². The van der Waals surface area contributed by atoms with E-state index in [1.807, 2.05) is 38.2 Å².